The first kappa shape index (κ1) is 10.2. The van der Waals surface area contributed by atoms with E-state index in [1.807, 2.05) is 0 Å². The van der Waals surface area contributed by atoms with Gasteiger partial charge in [0.25, 0.3) is 0 Å². The summed E-state index contributed by atoms with van der Waals surface area (Å²) in [6, 6.07) is 0.288. The molecular formula is C14H17N. The Labute approximate surface area is 91.6 Å². The Morgan fingerprint density at radius 2 is 2.00 bits per heavy atom. The van der Waals surface area contributed by atoms with Crippen LogP contribution in [0.15, 0.2) is 52.6 Å². The van der Waals surface area contributed by atoms with Crippen LogP contribution in [0.5, 0.6) is 0 Å². The molecule has 0 bridgehead atoms. The van der Waals surface area contributed by atoms with Crippen LogP contribution in [0.2, 0.25) is 0 Å². The summed E-state index contributed by atoms with van der Waals surface area (Å²) in [5, 5.41) is 0. The zero-order valence-corrected chi connectivity index (χ0v) is 9.57. The number of allylic oxidation sites excluding steroid dienone is 7. The Balaban J connectivity index is 2.49. The van der Waals surface area contributed by atoms with Gasteiger partial charge in [-0.05, 0) is 37.0 Å². The van der Waals surface area contributed by atoms with E-state index in [0.717, 1.165) is 5.71 Å². The first-order chi connectivity index (χ1) is 7.16. The van der Waals surface area contributed by atoms with Gasteiger partial charge in [-0.25, -0.2) is 0 Å². The van der Waals surface area contributed by atoms with Gasteiger partial charge in [0.15, 0.2) is 0 Å². The van der Waals surface area contributed by atoms with Crippen molar-refractivity contribution >= 4 is 5.71 Å². The maximum absolute atomic E-state index is 4.57. The molecule has 2 atom stereocenters. The van der Waals surface area contributed by atoms with Gasteiger partial charge in [-0.15, -0.1) is 0 Å². The maximum Gasteiger partial charge on any atom is 0.0660 e. The van der Waals surface area contributed by atoms with Gasteiger partial charge in [0, 0.05) is 5.71 Å². The van der Waals surface area contributed by atoms with Crippen LogP contribution in [0, 0.1) is 5.92 Å². The number of fused-ring (bicyclic) bond motifs is 1. The van der Waals surface area contributed by atoms with E-state index in [1.165, 1.54) is 11.1 Å². The minimum Gasteiger partial charge on any atom is -0.283 e. The number of rotatable bonds is 0. The lowest BCUT2D eigenvalue weighted by atomic mass is 9.93. The second-order valence-corrected chi connectivity index (χ2v) is 4.27. The molecule has 1 heteroatoms. The summed E-state index contributed by atoms with van der Waals surface area (Å²) in [6.07, 6.45) is 13.1. The van der Waals surface area contributed by atoms with Crippen LogP contribution >= 0.6 is 0 Å². The molecule has 1 nitrogen and oxygen atoms in total. The molecule has 0 amide bonds. The van der Waals surface area contributed by atoms with Gasteiger partial charge >= 0.3 is 0 Å². The first-order valence-electron chi connectivity index (χ1n) is 5.50. The number of hydrogen-bond donors (Lipinski definition) is 0. The molecule has 0 aromatic rings. The van der Waals surface area contributed by atoms with E-state index < -0.39 is 0 Å². The van der Waals surface area contributed by atoms with Gasteiger partial charge in [0.1, 0.15) is 0 Å². The van der Waals surface area contributed by atoms with Crippen molar-refractivity contribution in [1.29, 1.82) is 0 Å². The summed E-state index contributed by atoms with van der Waals surface area (Å²) in [4.78, 5) is 4.57. The van der Waals surface area contributed by atoms with Crippen LogP contribution in [0.3, 0.4) is 0 Å². The fraction of sp³-hybridized carbons (Fsp3) is 0.357. The zero-order valence-electron chi connectivity index (χ0n) is 9.57. The van der Waals surface area contributed by atoms with Gasteiger partial charge in [-0.3, -0.25) is 4.99 Å². The summed E-state index contributed by atoms with van der Waals surface area (Å²) in [7, 11) is 0. The normalized spacial score (nSPS) is 29.7. The molecule has 1 heterocycles. The van der Waals surface area contributed by atoms with Crippen LogP contribution in [0.1, 0.15) is 20.8 Å². The highest BCUT2D eigenvalue weighted by Gasteiger charge is 2.14. The number of hydrogen-bond acceptors (Lipinski definition) is 1. The van der Waals surface area contributed by atoms with E-state index in [2.05, 4.69) is 62.2 Å². The predicted molar refractivity (Wildman–Crippen MR) is 66.2 cm³/mol. The van der Waals surface area contributed by atoms with Crippen molar-refractivity contribution in [2.75, 3.05) is 0 Å². The molecular weight excluding hydrogens is 182 g/mol. The quantitative estimate of drug-likeness (QED) is 0.566. The van der Waals surface area contributed by atoms with Crippen molar-refractivity contribution in [1.82, 2.24) is 0 Å². The Bertz CT molecular complexity index is 405. The third-order valence-electron chi connectivity index (χ3n) is 2.80. The Morgan fingerprint density at radius 1 is 1.20 bits per heavy atom. The summed E-state index contributed by atoms with van der Waals surface area (Å²) in [5.41, 5.74) is 3.81. The number of nitrogens with zero attached hydrogens (tertiary/aromatic N) is 1. The third kappa shape index (κ3) is 2.17. The molecule has 0 spiro atoms. The molecule has 0 saturated heterocycles. The van der Waals surface area contributed by atoms with Crippen LogP contribution < -0.4 is 0 Å². The molecule has 2 unspecified atom stereocenters. The molecule has 0 fully saturated rings. The van der Waals surface area contributed by atoms with Crippen LogP contribution in [-0.4, -0.2) is 11.8 Å². The molecule has 2 aliphatic rings. The van der Waals surface area contributed by atoms with E-state index in [1.54, 1.807) is 0 Å². The van der Waals surface area contributed by atoms with E-state index in [0.29, 0.717) is 5.92 Å². The first-order valence-corrected chi connectivity index (χ1v) is 5.50. The summed E-state index contributed by atoms with van der Waals surface area (Å²) >= 11 is 0. The lowest BCUT2D eigenvalue weighted by molar-refractivity contribution is 0.845. The molecule has 1 aliphatic heterocycles. The summed E-state index contributed by atoms with van der Waals surface area (Å²) in [5.74, 6) is 0.481. The molecule has 2 rings (SSSR count). The zero-order chi connectivity index (χ0) is 10.8. The molecule has 0 saturated carbocycles. The standard InChI is InChI=1S/C14H17N/c1-10-6-4-5-7-13-8-11(2)15-12(3)9-14(10)13/h4-10,12H,1-3H3. The van der Waals surface area contributed by atoms with E-state index in [4.69, 9.17) is 0 Å². The Morgan fingerprint density at radius 3 is 2.80 bits per heavy atom. The second-order valence-electron chi connectivity index (χ2n) is 4.27. The van der Waals surface area contributed by atoms with E-state index >= 15 is 0 Å². The number of aliphatic imine (C=N–C) groups is 1. The Kier molecular flexibility index (Phi) is 2.72. The van der Waals surface area contributed by atoms with Crippen LogP contribution in [-0.2, 0) is 0 Å². The smallest absolute Gasteiger partial charge is 0.0660 e. The largest absolute Gasteiger partial charge is 0.283 e. The molecule has 0 radical (unpaired) electrons. The highest BCUT2D eigenvalue weighted by Crippen LogP contribution is 2.27. The average molecular weight is 199 g/mol. The minimum atomic E-state index is 0.288. The van der Waals surface area contributed by atoms with Crippen molar-refractivity contribution in [3.63, 3.8) is 0 Å². The summed E-state index contributed by atoms with van der Waals surface area (Å²) in [6.45, 7) is 6.44. The van der Waals surface area contributed by atoms with Crippen LogP contribution in [0.4, 0.5) is 0 Å². The van der Waals surface area contributed by atoms with Gasteiger partial charge < -0.3 is 0 Å². The van der Waals surface area contributed by atoms with E-state index in [9.17, 15) is 0 Å². The molecule has 0 aromatic carbocycles. The lowest BCUT2D eigenvalue weighted by Crippen LogP contribution is -2.00. The molecule has 1 aliphatic carbocycles. The molecule has 0 aromatic heterocycles. The monoisotopic (exact) mass is 199 g/mol. The van der Waals surface area contributed by atoms with Crippen molar-refractivity contribution in [3.8, 4) is 0 Å². The lowest BCUT2D eigenvalue weighted by Gasteiger charge is -2.12. The minimum absolute atomic E-state index is 0.288. The highest BCUT2D eigenvalue weighted by molar-refractivity contribution is 5.95. The van der Waals surface area contributed by atoms with Gasteiger partial charge in [0.05, 0.1) is 6.04 Å². The van der Waals surface area contributed by atoms with Crippen molar-refractivity contribution < 1.29 is 0 Å². The van der Waals surface area contributed by atoms with Crippen molar-refractivity contribution in [3.05, 3.63) is 47.6 Å². The van der Waals surface area contributed by atoms with Gasteiger partial charge in [0.2, 0.25) is 0 Å². The SMILES string of the molecule is CC1=NC(C)C=C2C(=C1)C=CC=CC2C. The topological polar surface area (TPSA) is 12.4 Å². The fourth-order valence-corrected chi connectivity index (χ4v) is 2.11. The maximum atomic E-state index is 4.57. The highest BCUT2D eigenvalue weighted by atomic mass is 14.8. The average Bonchev–Trinajstić information content (AvgIpc) is 2.39. The Hall–Kier alpha value is -1.37. The molecule has 15 heavy (non-hydrogen) atoms. The van der Waals surface area contributed by atoms with E-state index in [-0.39, 0.29) is 6.04 Å². The summed E-state index contributed by atoms with van der Waals surface area (Å²) < 4.78 is 0. The van der Waals surface area contributed by atoms with Gasteiger partial charge in [-0.1, -0.05) is 37.3 Å². The van der Waals surface area contributed by atoms with Gasteiger partial charge in [-0.2, -0.15) is 0 Å². The van der Waals surface area contributed by atoms with Crippen molar-refractivity contribution in [2.24, 2.45) is 10.9 Å². The third-order valence-corrected chi connectivity index (χ3v) is 2.80. The molecule has 78 valence electrons. The van der Waals surface area contributed by atoms with Crippen LogP contribution in [0.25, 0.3) is 0 Å². The molecule has 0 N–H and O–H groups in total. The second kappa shape index (κ2) is 4.01. The predicted octanol–water partition coefficient (Wildman–Crippen LogP) is 3.46. The fourth-order valence-electron chi connectivity index (χ4n) is 2.11. The van der Waals surface area contributed by atoms with Crippen molar-refractivity contribution in [2.45, 2.75) is 26.8 Å².